The normalized spacial score (nSPS) is 26.2. The molecule has 0 spiro atoms. The van der Waals surface area contributed by atoms with E-state index < -0.39 is 18.2 Å². The van der Waals surface area contributed by atoms with Gasteiger partial charge in [0.15, 0.2) is 0 Å². The number of ketones is 1. The van der Waals surface area contributed by atoms with Crippen LogP contribution in [0, 0.1) is 11.3 Å². The molecule has 3 rings (SSSR count). The molecule has 0 bridgehead atoms. The summed E-state index contributed by atoms with van der Waals surface area (Å²) >= 11 is 0. The van der Waals surface area contributed by atoms with Gasteiger partial charge < -0.3 is 15.3 Å². The lowest BCUT2D eigenvalue weighted by molar-refractivity contribution is -0.137. The second kappa shape index (κ2) is 10.6. The standard InChI is InChI=1S/C26H36O5/c1-2-13-26(14-8-15-26)25(31)19-10-7-9-18(16-19)24-20(21(27)17-22(24)28)11-5-3-4-6-12-23(29)30/h3,5,7,9-10,16,20,22,24-25,28,31H,2,4,6,8,11-15,17H2,1H3,(H,29,30)/b5-3-/t20-,22+,24+,25?/m0/s1. The summed E-state index contributed by atoms with van der Waals surface area (Å²) < 4.78 is 0. The molecule has 5 heteroatoms. The van der Waals surface area contributed by atoms with Gasteiger partial charge in [0.1, 0.15) is 5.78 Å². The summed E-state index contributed by atoms with van der Waals surface area (Å²) in [4.78, 5) is 23.2. The Bertz CT molecular complexity index is 795. The maximum atomic E-state index is 12.6. The van der Waals surface area contributed by atoms with Crippen LogP contribution in [-0.2, 0) is 9.59 Å². The lowest BCUT2D eigenvalue weighted by atomic mass is 9.61. The first-order valence-corrected chi connectivity index (χ1v) is 11.7. The highest BCUT2D eigenvalue weighted by Crippen LogP contribution is 2.53. The van der Waals surface area contributed by atoms with E-state index in [2.05, 4.69) is 6.92 Å². The fourth-order valence-corrected chi connectivity index (χ4v) is 5.50. The number of hydrogen-bond donors (Lipinski definition) is 3. The Morgan fingerprint density at radius 3 is 2.71 bits per heavy atom. The Kier molecular flexibility index (Phi) is 8.06. The van der Waals surface area contributed by atoms with Crippen LogP contribution in [0.1, 0.15) is 94.3 Å². The molecular weight excluding hydrogens is 392 g/mol. The van der Waals surface area contributed by atoms with Gasteiger partial charge in [-0.1, -0.05) is 56.2 Å². The van der Waals surface area contributed by atoms with Crippen molar-refractivity contribution < 1.29 is 24.9 Å². The monoisotopic (exact) mass is 428 g/mol. The second-order valence-corrected chi connectivity index (χ2v) is 9.40. The number of aliphatic hydroxyl groups is 2. The summed E-state index contributed by atoms with van der Waals surface area (Å²) in [5, 5.41) is 30.5. The van der Waals surface area contributed by atoms with Crippen LogP contribution in [0.15, 0.2) is 36.4 Å². The number of Topliss-reactive ketones (excluding diaryl/α,β-unsaturated/α-hetero) is 1. The molecule has 170 valence electrons. The molecule has 1 aromatic rings. The predicted octanol–water partition coefficient (Wildman–Crippen LogP) is 4.93. The average molecular weight is 429 g/mol. The van der Waals surface area contributed by atoms with Crippen LogP contribution in [-0.4, -0.2) is 33.2 Å². The summed E-state index contributed by atoms with van der Waals surface area (Å²) in [6.07, 6.45) is 10.1. The number of allylic oxidation sites excluding steroid dienone is 2. The number of rotatable bonds is 11. The van der Waals surface area contributed by atoms with Gasteiger partial charge in [-0.25, -0.2) is 0 Å². The Labute approximate surface area is 185 Å². The van der Waals surface area contributed by atoms with Crippen molar-refractivity contribution in [2.45, 2.75) is 89.3 Å². The van der Waals surface area contributed by atoms with Crippen molar-refractivity contribution in [3.8, 4) is 0 Å². The van der Waals surface area contributed by atoms with Crippen molar-refractivity contribution in [1.82, 2.24) is 0 Å². The van der Waals surface area contributed by atoms with Crippen molar-refractivity contribution in [2.75, 3.05) is 0 Å². The Morgan fingerprint density at radius 2 is 2.06 bits per heavy atom. The van der Waals surface area contributed by atoms with E-state index >= 15 is 0 Å². The quantitative estimate of drug-likeness (QED) is 0.343. The molecule has 0 amide bonds. The van der Waals surface area contributed by atoms with E-state index in [9.17, 15) is 19.8 Å². The molecule has 0 heterocycles. The highest BCUT2D eigenvalue weighted by molar-refractivity contribution is 5.85. The molecule has 0 aliphatic heterocycles. The fraction of sp³-hybridized carbons (Fsp3) is 0.615. The maximum Gasteiger partial charge on any atom is 0.303 e. The van der Waals surface area contributed by atoms with E-state index in [1.807, 2.05) is 36.4 Å². The van der Waals surface area contributed by atoms with Crippen LogP contribution in [0.4, 0.5) is 0 Å². The highest BCUT2D eigenvalue weighted by Gasteiger charge is 2.44. The molecule has 31 heavy (non-hydrogen) atoms. The van der Waals surface area contributed by atoms with Gasteiger partial charge >= 0.3 is 5.97 Å². The maximum absolute atomic E-state index is 12.6. The predicted molar refractivity (Wildman–Crippen MR) is 120 cm³/mol. The van der Waals surface area contributed by atoms with Crippen LogP contribution in [0.3, 0.4) is 0 Å². The average Bonchev–Trinajstić information content (AvgIpc) is 2.99. The zero-order valence-corrected chi connectivity index (χ0v) is 18.5. The number of carbonyl (C=O) groups is 2. The van der Waals surface area contributed by atoms with Crippen LogP contribution in [0.5, 0.6) is 0 Å². The third-order valence-electron chi connectivity index (χ3n) is 7.28. The van der Waals surface area contributed by atoms with Crippen molar-refractivity contribution in [2.24, 2.45) is 11.3 Å². The molecule has 4 atom stereocenters. The number of carboxylic acid groups (broad SMARTS) is 1. The van der Waals surface area contributed by atoms with Gasteiger partial charge in [-0.15, -0.1) is 0 Å². The first kappa shape index (κ1) is 23.7. The van der Waals surface area contributed by atoms with Crippen LogP contribution >= 0.6 is 0 Å². The number of carbonyl (C=O) groups excluding carboxylic acids is 1. The van der Waals surface area contributed by atoms with Gasteiger partial charge in [-0.2, -0.15) is 0 Å². The molecule has 1 aromatic carbocycles. The molecule has 0 aromatic heterocycles. The molecule has 0 radical (unpaired) electrons. The SMILES string of the molecule is CCCC1(C(O)c2cccc([C@H]3[C@H](O)CC(=O)[C@@H]3C/C=C\CCCC(=O)O)c2)CCC1. The zero-order chi connectivity index (χ0) is 22.4. The smallest absolute Gasteiger partial charge is 0.303 e. The minimum atomic E-state index is -0.799. The Balaban J connectivity index is 1.72. The van der Waals surface area contributed by atoms with Crippen LogP contribution in [0.2, 0.25) is 0 Å². The van der Waals surface area contributed by atoms with Gasteiger partial charge in [0, 0.05) is 30.1 Å². The second-order valence-electron chi connectivity index (χ2n) is 9.40. The highest BCUT2D eigenvalue weighted by atomic mass is 16.4. The molecule has 2 aliphatic rings. The molecule has 2 aliphatic carbocycles. The number of benzene rings is 1. The first-order chi connectivity index (χ1) is 14.9. The van der Waals surface area contributed by atoms with Crippen LogP contribution in [0.25, 0.3) is 0 Å². The lowest BCUT2D eigenvalue weighted by Gasteiger charge is -2.46. The van der Waals surface area contributed by atoms with Gasteiger partial charge in [0.25, 0.3) is 0 Å². The third kappa shape index (κ3) is 5.45. The van der Waals surface area contributed by atoms with E-state index in [1.165, 1.54) is 0 Å². The van der Waals surface area contributed by atoms with Crippen molar-refractivity contribution in [1.29, 1.82) is 0 Å². The van der Waals surface area contributed by atoms with Gasteiger partial charge in [-0.05, 0) is 49.7 Å². The van der Waals surface area contributed by atoms with Gasteiger partial charge in [-0.3, -0.25) is 9.59 Å². The van der Waals surface area contributed by atoms with E-state index in [0.717, 1.165) is 43.2 Å². The van der Waals surface area contributed by atoms with E-state index in [0.29, 0.717) is 19.3 Å². The number of unbranched alkanes of at least 4 members (excludes halogenated alkanes) is 1. The molecule has 5 nitrogen and oxygen atoms in total. The van der Waals surface area contributed by atoms with E-state index in [1.54, 1.807) is 0 Å². The molecular formula is C26H36O5. The Hall–Kier alpha value is -1.98. The summed E-state index contributed by atoms with van der Waals surface area (Å²) in [6, 6.07) is 7.85. The van der Waals surface area contributed by atoms with Crippen molar-refractivity contribution in [3.63, 3.8) is 0 Å². The zero-order valence-electron chi connectivity index (χ0n) is 18.5. The lowest BCUT2D eigenvalue weighted by Crippen LogP contribution is -2.36. The fourth-order valence-electron chi connectivity index (χ4n) is 5.50. The number of aliphatic carboxylic acids is 1. The summed E-state index contributed by atoms with van der Waals surface area (Å²) in [6.45, 7) is 2.16. The van der Waals surface area contributed by atoms with Crippen LogP contribution < -0.4 is 0 Å². The van der Waals surface area contributed by atoms with E-state index in [4.69, 9.17) is 5.11 Å². The van der Waals surface area contributed by atoms with Gasteiger partial charge in [0.2, 0.25) is 0 Å². The molecule has 2 saturated carbocycles. The first-order valence-electron chi connectivity index (χ1n) is 11.7. The Morgan fingerprint density at radius 1 is 1.29 bits per heavy atom. The van der Waals surface area contributed by atoms with Crippen molar-refractivity contribution in [3.05, 3.63) is 47.5 Å². The number of aliphatic hydroxyl groups excluding tert-OH is 2. The summed E-state index contributed by atoms with van der Waals surface area (Å²) in [7, 11) is 0. The minimum absolute atomic E-state index is 0.0322. The summed E-state index contributed by atoms with van der Waals surface area (Å²) in [5.41, 5.74) is 1.78. The minimum Gasteiger partial charge on any atom is -0.481 e. The molecule has 1 unspecified atom stereocenters. The number of carboxylic acids is 1. The van der Waals surface area contributed by atoms with Gasteiger partial charge in [0.05, 0.1) is 12.2 Å². The molecule has 2 fully saturated rings. The third-order valence-corrected chi connectivity index (χ3v) is 7.28. The summed E-state index contributed by atoms with van der Waals surface area (Å²) in [5.74, 6) is -1.29. The molecule has 3 N–H and O–H groups in total. The topological polar surface area (TPSA) is 94.8 Å². The molecule has 0 saturated heterocycles. The number of hydrogen-bond acceptors (Lipinski definition) is 4. The van der Waals surface area contributed by atoms with Crippen molar-refractivity contribution >= 4 is 11.8 Å². The van der Waals surface area contributed by atoms with E-state index in [-0.39, 0.29) is 35.9 Å². The largest absolute Gasteiger partial charge is 0.481 e.